The summed E-state index contributed by atoms with van der Waals surface area (Å²) in [5, 5.41) is 0. The minimum Gasteiger partial charge on any atom is -0.772 e. The van der Waals surface area contributed by atoms with Gasteiger partial charge in [-0.2, -0.15) is 0 Å². The number of rotatable bonds is 4. The van der Waals surface area contributed by atoms with Gasteiger partial charge in [-0.05, 0) is 24.7 Å². The molecular weight excluding hydrogens is 304 g/mol. The molecule has 2 amide bonds. The molecule has 7 nitrogen and oxygen atoms in total. The maximum atomic E-state index is 12.3. The number of hydrogen-bond donors (Lipinski definition) is 0. The van der Waals surface area contributed by atoms with E-state index < -0.39 is 22.2 Å². The molecule has 0 aliphatic carbocycles. The molecule has 4 unspecified atom stereocenters. The van der Waals surface area contributed by atoms with Crippen molar-refractivity contribution >= 4 is 28.2 Å². The first-order valence-electron chi connectivity index (χ1n) is 6.61. The van der Waals surface area contributed by atoms with Gasteiger partial charge in [0.25, 0.3) is 0 Å². The van der Waals surface area contributed by atoms with Gasteiger partial charge >= 0.3 is 6.03 Å². The van der Waals surface area contributed by atoms with Crippen LogP contribution >= 0.6 is 0 Å². The third kappa shape index (κ3) is 4.24. The summed E-state index contributed by atoms with van der Waals surface area (Å²) in [4.78, 5) is 15.6. The predicted octanol–water partition coefficient (Wildman–Crippen LogP) is -0.492. The van der Waals surface area contributed by atoms with Crippen molar-refractivity contribution in [2.45, 2.75) is 12.8 Å². The van der Waals surface area contributed by atoms with Crippen LogP contribution in [0.5, 0.6) is 0 Å². The van der Waals surface area contributed by atoms with Crippen LogP contribution in [0.4, 0.5) is 4.79 Å². The molecular formula is C11H18N2O5S2-2. The Morgan fingerprint density at radius 2 is 1.35 bits per heavy atom. The zero-order valence-electron chi connectivity index (χ0n) is 11.1. The number of urea groups is 1. The van der Waals surface area contributed by atoms with Crippen molar-refractivity contribution in [3.05, 3.63) is 0 Å². The van der Waals surface area contributed by atoms with E-state index in [4.69, 9.17) is 0 Å². The molecule has 0 aromatic heterocycles. The minimum absolute atomic E-state index is 0.0184. The van der Waals surface area contributed by atoms with Crippen molar-refractivity contribution in [1.82, 2.24) is 9.80 Å². The first-order chi connectivity index (χ1) is 9.45. The predicted molar refractivity (Wildman–Crippen MR) is 72.3 cm³/mol. The summed E-state index contributed by atoms with van der Waals surface area (Å²) in [5.41, 5.74) is 0. The van der Waals surface area contributed by atoms with Crippen molar-refractivity contribution in [3.8, 4) is 0 Å². The zero-order valence-corrected chi connectivity index (χ0v) is 12.7. The van der Waals surface area contributed by atoms with Crippen molar-refractivity contribution < 1.29 is 22.3 Å². The van der Waals surface area contributed by atoms with Gasteiger partial charge in [0.05, 0.1) is 0 Å². The molecule has 0 saturated carbocycles. The molecule has 0 spiro atoms. The lowest BCUT2D eigenvalue weighted by atomic mass is 10.2. The molecule has 4 atom stereocenters. The van der Waals surface area contributed by atoms with E-state index in [1.54, 1.807) is 9.80 Å². The Balaban J connectivity index is 1.81. The van der Waals surface area contributed by atoms with E-state index >= 15 is 0 Å². The van der Waals surface area contributed by atoms with Crippen LogP contribution < -0.4 is 0 Å². The molecule has 0 radical (unpaired) electrons. The average molecular weight is 322 g/mol. The van der Waals surface area contributed by atoms with Gasteiger partial charge in [0.2, 0.25) is 0 Å². The van der Waals surface area contributed by atoms with Gasteiger partial charge in [-0.25, -0.2) is 4.79 Å². The Bertz CT molecular complexity index is 384. The van der Waals surface area contributed by atoms with Gasteiger partial charge in [-0.15, -0.1) is 0 Å². The van der Waals surface area contributed by atoms with Crippen molar-refractivity contribution in [2.75, 3.05) is 37.7 Å². The quantitative estimate of drug-likeness (QED) is 0.650. The second-order valence-corrected chi connectivity index (χ2v) is 7.31. The first kappa shape index (κ1) is 15.9. The van der Waals surface area contributed by atoms with E-state index in [1.807, 2.05) is 0 Å². The molecule has 0 aromatic carbocycles. The highest BCUT2D eigenvalue weighted by Crippen LogP contribution is 2.22. The average Bonchev–Trinajstić information content (AvgIpc) is 2.96. The monoisotopic (exact) mass is 322 g/mol. The van der Waals surface area contributed by atoms with Crippen LogP contribution in [0, 0.1) is 11.8 Å². The maximum absolute atomic E-state index is 12.3. The van der Waals surface area contributed by atoms with E-state index in [-0.39, 0.29) is 29.4 Å². The van der Waals surface area contributed by atoms with Gasteiger partial charge in [-0.3, -0.25) is 8.42 Å². The molecule has 20 heavy (non-hydrogen) atoms. The molecule has 2 aliphatic rings. The van der Waals surface area contributed by atoms with Crippen molar-refractivity contribution in [3.63, 3.8) is 0 Å². The Morgan fingerprint density at radius 1 is 0.950 bits per heavy atom. The van der Waals surface area contributed by atoms with Crippen LogP contribution in [-0.4, -0.2) is 71.0 Å². The van der Waals surface area contributed by atoms with Crippen LogP contribution in [0.2, 0.25) is 0 Å². The summed E-state index contributed by atoms with van der Waals surface area (Å²) < 4.78 is 42.6. The third-order valence-electron chi connectivity index (χ3n) is 3.86. The molecule has 2 rings (SSSR count). The standard InChI is InChI=1S/C11H20N2O5S2/c14-11(12-3-1-9(5-12)7-19(15)16)13-4-2-10(6-13)8-20(17)18/h9-10H,1-8H2,(H,15,16)(H,17,18)/p-2. The number of nitrogens with zero attached hydrogens (tertiary/aromatic N) is 2. The molecule has 0 aromatic rings. The maximum Gasteiger partial charge on any atom is 0.320 e. The summed E-state index contributed by atoms with van der Waals surface area (Å²) in [7, 11) is 0. The number of carbonyl (C=O) groups excluding carboxylic acids is 1. The van der Waals surface area contributed by atoms with E-state index in [0.29, 0.717) is 39.0 Å². The fourth-order valence-electron chi connectivity index (χ4n) is 2.87. The van der Waals surface area contributed by atoms with Crippen LogP contribution in [0.1, 0.15) is 12.8 Å². The Hall–Kier alpha value is -0.510. The first-order valence-corrected chi connectivity index (χ1v) is 9.10. The second-order valence-electron chi connectivity index (χ2n) is 5.42. The number of likely N-dealkylation sites (tertiary alicyclic amines) is 2. The normalized spacial score (nSPS) is 29.7. The van der Waals surface area contributed by atoms with Crippen LogP contribution in [0.3, 0.4) is 0 Å². The highest BCUT2D eigenvalue weighted by molar-refractivity contribution is 7.79. The molecule has 2 saturated heterocycles. The van der Waals surface area contributed by atoms with Crippen LogP contribution in [0.15, 0.2) is 0 Å². The lowest BCUT2D eigenvalue weighted by Gasteiger charge is -2.24. The van der Waals surface area contributed by atoms with Crippen LogP contribution in [-0.2, 0) is 22.2 Å². The van der Waals surface area contributed by atoms with Gasteiger partial charge in [-0.1, -0.05) is 22.2 Å². The fraction of sp³-hybridized carbons (Fsp3) is 0.909. The Labute approximate surface area is 123 Å². The smallest absolute Gasteiger partial charge is 0.320 e. The number of carbonyl (C=O) groups is 1. The summed E-state index contributed by atoms with van der Waals surface area (Å²) in [6.07, 6.45) is 1.42. The highest BCUT2D eigenvalue weighted by Gasteiger charge is 2.33. The summed E-state index contributed by atoms with van der Waals surface area (Å²) in [6.45, 7) is 2.10. The van der Waals surface area contributed by atoms with Gasteiger partial charge in [0.1, 0.15) is 0 Å². The lowest BCUT2D eigenvalue weighted by molar-refractivity contribution is 0.170. The van der Waals surface area contributed by atoms with Gasteiger partial charge in [0, 0.05) is 37.7 Å². The minimum atomic E-state index is -2.07. The topological polar surface area (TPSA) is 104 Å². The fourth-order valence-corrected chi connectivity index (χ4v) is 4.18. The third-order valence-corrected chi connectivity index (χ3v) is 5.34. The SMILES string of the molecule is O=C(N1CCC(CS(=O)[O-])C1)N1CCC(CS(=O)[O-])C1. The van der Waals surface area contributed by atoms with Crippen molar-refractivity contribution in [1.29, 1.82) is 0 Å². The molecule has 0 N–H and O–H groups in total. The number of hydrogen-bond acceptors (Lipinski definition) is 5. The molecule has 9 heteroatoms. The van der Waals surface area contributed by atoms with Crippen LogP contribution in [0.25, 0.3) is 0 Å². The Morgan fingerprint density at radius 3 is 1.70 bits per heavy atom. The largest absolute Gasteiger partial charge is 0.772 e. The summed E-state index contributed by atoms with van der Waals surface area (Å²) in [6, 6.07) is -0.0941. The molecule has 0 bridgehead atoms. The second kappa shape index (κ2) is 6.97. The van der Waals surface area contributed by atoms with E-state index in [9.17, 15) is 22.3 Å². The Kier molecular flexibility index (Phi) is 5.53. The number of amides is 2. The van der Waals surface area contributed by atoms with Gasteiger partial charge in [0.15, 0.2) is 0 Å². The molecule has 2 aliphatic heterocycles. The van der Waals surface area contributed by atoms with Crippen molar-refractivity contribution in [2.24, 2.45) is 11.8 Å². The highest BCUT2D eigenvalue weighted by atomic mass is 32.2. The summed E-state index contributed by atoms with van der Waals surface area (Å²) >= 11 is -4.14. The van der Waals surface area contributed by atoms with E-state index in [1.165, 1.54) is 0 Å². The van der Waals surface area contributed by atoms with E-state index in [0.717, 1.165) is 0 Å². The van der Waals surface area contributed by atoms with E-state index in [2.05, 4.69) is 0 Å². The lowest BCUT2D eigenvalue weighted by Crippen LogP contribution is -2.41. The molecule has 2 heterocycles. The molecule has 2 fully saturated rings. The summed E-state index contributed by atoms with van der Waals surface area (Å²) in [5.74, 6) is 0.234. The molecule has 116 valence electrons. The zero-order chi connectivity index (χ0) is 14.7. The van der Waals surface area contributed by atoms with Gasteiger partial charge < -0.3 is 18.9 Å².